The number of aromatic nitrogens is 2. The van der Waals surface area contributed by atoms with Crippen molar-refractivity contribution >= 4 is 28.5 Å². The van der Waals surface area contributed by atoms with Crippen LogP contribution in [0.3, 0.4) is 0 Å². The summed E-state index contributed by atoms with van der Waals surface area (Å²) in [6.07, 6.45) is 1.57. The second kappa shape index (κ2) is 9.71. The first-order chi connectivity index (χ1) is 16.6. The standard InChI is InChI=1S/C25H23F2N3O4S/c1-16(35(33)34)18-7-5-17(6-8-18)12-22(31)30-19-9-10-20(29-13-19)23(32)24(14-25(26,27)15-24)21-4-2-3-11-28-21/h2-11,13,16H,12,14-15H2,1H3,(H,30,31)(H,33,34)/p-1. The molecule has 0 aliphatic heterocycles. The molecule has 4 rings (SSSR count). The Hall–Kier alpha value is -3.37. The molecule has 2 heterocycles. The molecule has 182 valence electrons. The van der Waals surface area contributed by atoms with Crippen LogP contribution in [-0.2, 0) is 27.7 Å². The summed E-state index contributed by atoms with van der Waals surface area (Å²) in [5.74, 6) is -3.81. The molecule has 10 heteroatoms. The zero-order valence-electron chi connectivity index (χ0n) is 18.7. The molecule has 0 radical (unpaired) electrons. The lowest BCUT2D eigenvalue weighted by atomic mass is 9.60. The molecular weight excluding hydrogens is 476 g/mol. The summed E-state index contributed by atoms with van der Waals surface area (Å²) in [6, 6.07) is 14.5. The third kappa shape index (κ3) is 5.33. The molecule has 7 nitrogen and oxygen atoms in total. The number of hydrogen-bond donors (Lipinski definition) is 1. The minimum absolute atomic E-state index is 0.0182. The Morgan fingerprint density at radius 3 is 2.34 bits per heavy atom. The molecule has 1 amide bonds. The van der Waals surface area contributed by atoms with Crippen LogP contribution in [0, 0.1) is 0 Å². The lowest BCUT2D eigenvalue weighted by Gasteiger charge is -2.45. The van der Waals surface area contributed by atoms with Gasteiger partial charge in [0.1, 0.15) is 5.69 Å². The molecule has 2 atom stereocenters. The van der Waals surface area contributed by atoms with Gasteiger partial charge in [-0.05, 0) is 53.4 Å². The third-order valence-electron chi connectivity index (χ3n) is 6.09. The largest absolute Gasteiger partial charge is 0.772 e. The van der Waals surface area contributed by atoms with Crippen molar-refractivity contribution in [3.8, 4) is 0 Å². The Kier molecular flexibility index (Phi) is 6.86. The van der Waals surface area contributed by atoms with Crippen molar-refractivity contribution in [2.24, 2.45) is 0 Å². The summed E-state index contributed by atoms with van der Waals surface area (Å²) in [5.41, 5.74) is 0.550. The van der Waals surface area contributed by atoms with E-state index in [0.717, 1.165) is 0 Å². The van der Waals surface area contributed by atoms with Gasteiger partial charge in [-0.3, -0.25) is 23.8 Å². The number of alkyl halides is 2. The minimum Gasteiger partial charge on any atom is -0.772 e. The molecular formula is C25H22F2N3O4S-. The summed E-state index contributed by atoms with van der Waals surface area (Å²) < 4.78 is 49.8. The maximum Gasteiger partial charge on any atom is 0.250 e. The molecule has 1 aliphatic carbocycles. The first-order valence-electron chi connectivity index (χ1n) is 10.9. The summed E-state index contributed by atoms with van der Waals surface area (Å²) in [7, 11) is 0. The van der Waals surface area contributed by atoms with Crippen molar-refractivity contribution in [2.45, 2.75) is 42.8 Å². The summed E-state index contributed by atoms with van der Waals surface area (Å²) >= 11 is -2.23. The highest BCUT2D eigenvalue weighted by Gasteiger charge is 2.62. The number of Topliss-reactive ketones (excluding diaryl/α,β-unsaturated/α-hetero) is 1. The third-order valence-corrected chi connectivity index (χ3v) is 6.94. The Bertz CT molecular complexity index is 1240. The number of nitrogens with zero attached hydrogens (tertiary/aromatic N) is 2. The smallest absolute Gasteiger partial charge is 0.250 e. The molecule has 1 N–H and O–H groups in total. The Labute approximate surface area is 203 Å². The first-order valence-corrected chi connectivity index (χ1v) is 12.0. The predicted octanol–water partition coefficient (Wildman–Crippen LogP) is 4.15. The quantitative estimate of drug-likeness (QED) is 0.369. The lowest BCUT2D eigenvalue weighted by molar-refractivity contribution is -0.115. The van der Waals surface area contributed by atoms with Gasteiger partial charge in [0.05, 0.1) is 29.4 Å². The van der Waals surface area contributed by atoms with E-state index in [4.69, 9.17) is 0 Å². The van der Waals surface area contributed by atoms with E-state index in [1.807, 2.05) is 0 Å². The van der Waals surface area contributed by atoms with E-state index in [0.29, 0.717) is 16.8 Å². The highest BCUT2D eigenvalue weighted by Crippen LogP contribution is 2.54. The van der Waals surface area contributed by atoms with Crippen LogP contribution < -0.4 is 5.32 Å². The molecule has 1 fully saturated rings. The fraction of sp³-hybridized carbons (Fsp3) is 0.280. The van der Waals surface area contributed by atoms with E-state index < -0.39 is 46.3 Å². The molecule has 1 saturated carbocycles. The van der Waals surface area contributed by atoms with Gasteiger partial charge in [0.15, 0.2) is 5.78 Å². The fourth-order valence-electron chi connectivity index (χ4n) is 4.19. The summed E-state index contributed by atoms with van der Waals surface area (Å²) in [4.78, 5) is 33.8. The maximum absolute atomic E-state index is 13.8. The van der Waals surface area contributed by atoms with Crippen LogP contribution in [0.25, 0.3) is 0 Å². The van der Waals surface area contributed by atoms with E-state index in [1.165, 1.54) is 24.5 Å². The molecule has 0 saturated heterocycles. The number of hydrogen-bond acceptors (Lipinski definition) is 6. The van der Waals surface area contributed by atoms with Crippen LogP contribution in [0.4, 0.5) is 14.5 Å². The molecule has 2 aromatic heterocycles. The number of ketones is 1. The monoisotopic (exact) mass is 498 g/mol. The molecule has 35 heavy (non-hydrogen) atoms. The van der Waals surface area contributed by atoms with Gasteiger partial charge >= 0.3 is 0 Å². The predicted molar refractivity (Wildman–Crippen MR) is 125 cm³/mol. The first kappa shape index (κ1) is 24.7. The van der Waals surface area contributed by atoms with Gasteiger partial charge in [0.2, 0.25) is 5.91 Å². The van der Waals surface area contributed by atoms with Crippen molar-refractivity contribution in [1.82, 2.24) is 9.97 Å². The van der Waals surface area contributed by atoms with Crippen LogP contribution in [0.2, 0.25) is 0 Å². The number of anilines is 1. The van der Waals surface area contributed by atoms with Gasteiger partial charge in [0.25, 0.3) is 5.92 Å². The Balaban J connectivity index is 1.42. The van der Waals surface area contributed by atoms with Crippen LogP contribution in [-0.4, -0.2) is 36.3 Å². The van der Waals surface area contributed by atoms with Crippen molar-refractivity contribution in [1.29, 1.82) is 0 Å². The van der Waals surface area contributed by atoms with Gasteiger partial charge < -0.3 is 9.87 Å². The molecule has 0 spiro atoms. The number of carbonyl (C=O) groups excluding carboxylic acids is 2. The van der Waals surface area contributed by atoms with Crippen LogP contribution >= 0.6 is 0 Å². The van der Waals surface area contributed by atoms with Gasteiger partial charge in [-0.1, -0.05) is 30.3 Å². The van der Waals surface area contributed by atoms with Gasteiger partial charge in [-0.2, -0.15) is 0 Å². The maximum atomic E-state index is 13.8. The SMILES string of the molecule is CC(c1ccc(CC(=O)Nc2ccc(C(=O)C3(c4ccccn4)CC(F)(F)C3)nc2)cc1)S(=O)[O-]. The number of carbonyl (C=O) groups is 2. The number of halogens is 2. The molecule has 3 aromatic rings. The average molecular weight is 499 g/mol. The second-order valence-corrected chi connectivity index (χ2v) is 9.87. The number of nitrogens with one attached hydrogen (secondary N) is 1. The van der Waals surface area contributed by atoms with Crippen molar-refractivity contribution < 1.29 is 27.1 Å². The number of rotatable bonds is 8. The Morgan fingerprint density at radius 1 is 1.09 bits per heavy atom. The van der Waals surface area contributed by atoms with E-state index in [2.05, 4.69) is 15.3 Å². The van der Waals surface area contributed by atoms with Crippen molar-refractivity contribution in [2.75, 3.05) is 5.32 Å². The minimum atomic E-state index is -2.94. The Morgan fingerprint density at radius 2 is 1.80 bits per heavy atom. The van der Waals surface area contributed by atoms with E-state index in [9.17, 15) is 27.1 Å². The van der Waals surface area contributed by atoms with E-state index in [1.54, 1.807) is 49.4 Å². The topological polar surface area (TPSA) is 112 Å². The van der Waals surface area contributed by atoms with Crippen LogP contribution in [0.1, 0.15) is 52.3 Å². The highest BCUT2D eigenvalue weighted by atomic mass is 32.2. The summed E-state index contributed by atoms with van der Waals surface area (Å²) in [6.45, 7) is 1.57. The zero-order chi connectivity index (χ0) is 25.2. The molecule has 1 aliphatic rings. The summed E-state index contributed by atoms with van der Waals surface area (Å²) in [5, 5.41) is 2.03. The van der Waals surface area contributed by atoms with Gasteiger partial charge in [0, 0.05) is 24.3 Å². The second-order valence-electron chi connectivity index (χ2n) is 8.64. The number of amides is 1. The molecule has 2 unspecified atom stereocenters. The lowest BCUT2D eigenvalue weighted by Crippen LogP contribution is -2.55. The van der Waals surface area contributed by atoms with Gasteiger partial charge in [-0.25, -0.2) is 8.78 Å². The average Bonchev–Trinajstić information content (AvgIpc) is 2.82. The molecule has 0 bridgehead atoms. The molecule has 1 aromatic carbocycles. The number of benzene rings is 1. The van der Waals surface area contributed by atoms with Crippen LogP contribution in [0.5, 0.6) is 0 Å². The normalized spacial score (nSPS) is 17.6. The van der Waals surface area contributed by atoms with E-state index in [-0.39, 0.29) is 23.7 Å². The fourth-order valence-corrected chi connectivity index (χ4v) is 4.57. The van der Waals surface area contributed by atoms with Crippen molar-refractivity contribution in [3.63, 3.8) is 0 Å². The number of pyridine rings is 2. The highest BCUT2D eigenvalue weighted by molar-refractivity contribution is 7.79. The van der Waals surface area contributed by atoms with E-state index >= 15 is 0 Å². The van der Waals surface area contributed by atoms with Crippen molar-refractivity contribution in [3.05, 3.63) is 89.5 Å². The van der Waals surface area contributed by atoms with Gasteiger partial charge in [-0.15, -0.1) is 0 Å². The zero-order valence-corrected chi connectivity index (χ0v) is 19.6. The van der Waals surface area contributed by atoms with Crippen LogP contribution in [0.15, 0.2) is 67.0 Å².